The average Bonchev–Trinajstić information content (AvgIpc) is 2.79. The van der Waals surface area contributed by atoms with E-state index < -0.39 is 5.97 Å². The molecule has 0 fully saturated rings. The van der Waals surface area contributed by atoms with Crippen LogP contribution in [0.3, 0.4) is 0 Å². The van der Waals surface area contributed by atoms with Gasteiger partial charge in [0.1, 0.15) is 5.82 Å². The SMILES string of the molecule is O=C([O-])c1[nH]c2ccccc2c1-c1ccc(F)cc1. The first-order valence-corrected chi connectivity index (χ1v) is 5.75. The van der Waals surface area contributed by atoms with Crippen molar-refractivity contribution in [2.75, 3.05) is 0 Å². The Hall–Kier alpha value is -2.62. The van der Waals surface area contributed by atoms with Gasteiger partial charge in [-0.2, -0.15) is 0 Å². The molecular weight excluding hydrogens is 245 g/mol. The first kappa shape index (κ1) is 11.5. The van der Waals surface area contributed by atoms with E-state index in [4.69, 9.17) is 0 Å². The van der Waals surface area contributed by atoms with Crippen molar-refractivity contribution in [3.8, 4) is 11.1 Å². The van der Waals surface area contributed by atoms with Gasteiger partial charge in [0.15, 0.2) is 0 Å². The molecule has 94 valence electrons. The summed E-state index contributed by atoms with van der Waals surface area (Å²) in [6, 6.07) is 12.9. The predicted octanol–water partition coefficient (Wildman–Crippen LogP) is 2.34. The van der Waals surface area contributed by atoms with Crippen LogP contribution in [-0.2, 0) is 0 Å². The van der Waals surface area contributed by atoms with E-state index in [1.807, 2.05) is 18.2 Å². The zero-order valence-electron chi connectivity index (χ0n) is 9.81. The van der Waals surface area contributed by atoms with Crippen molar-refractivity contribution >= 4 is 16.9 Å². The van der Waals surface area contributed by atoms with Crippen LogP contribution in [0, 0.1) is 5.82 Å². The summed E-state index contributed by atoms with van der Waals surface area (Å²) in [5, 5.41) is 12.0. The van der Waals surface area contributed by atoms with Crippen molar-refractivity contribution in [3.63, 3.8) is 0 Å². The summed E-state index contributed by atoms with van der Waals surface area (Å²) in [5.41, 5.74) is 1.88. The number of carboxylic acids is 1. The zero-order chi connectivity index (χ0) is 13.4. The lowest BCUT2D eigenvalue weighted by Crippen LogP contribution is -2.23. The number of nitrogens with one attached hydrogen (secondary N) is 1. The molecule has 3 aromatic rings. The molecule has 0 bridgehead atoms. The maximum Gasteiger partial charge on any atom is 0.123 e. The molecule has 3 nitrogen and oxygen atoms in total. The molecule has 0 radical (unpaired) electrons. The van der Waals surface area contributed by atoms with E-state index in [0.29, 0.717) is 16.6 Å². The van der Waals surface area contributed by atoms with E-state index in [-0.39, 0.29) is 11.5 Å². The van der Waals surface area contributed by atoms with Crippen molar-refractivity contribution in [2.24, 2.45) is 0 Å². The molecule has 0 unspecified atom stereocenters. The number of aromatic nitrogens is 1. The largest absolute Gasteiger partial charge is 0.543 e. The molecule has 0 aliphatic rings. The van der Waals surface area contributed by atoms with Crippen LogP contribution < -0.4 is 5.11 Å². The molecule has 0 saturated heterocycles. The molecular formula is C15H9FNO2-. The maximum absolute atomic E-state index is 13.0. The summed E-state index contributed by atoms with van der Waals surface area (Å²) in [6.07, 6.45) is 0. The summed E-state index contributed by atoms with van der Waals surface area (Å²) in [4.78, 5) is 14.0. The summed E-state index contributed by atoms with van der Waals surface area (Å²) in [5.74, 6) is -1.64. The highest BCUT2D eigenvalue weighted by Crippen LogP contribution is 2.32. The van der Waals surface area contributed by atoms with Crippen LogP contribution in [0.5, 0.6) is 0 Å². The number of aromatic amines is 1. The van der Waals surface area contributed by atoms with Gasteiger partial charge in [0.25, 0.3) is 0 Å². The Labute approximate surface area is 108 Å². The summed E-state index contributed by atoms with van der Waals surface area (Å²) in [7, 11) is 0. The van der Waals surface area contributed by atoms with Crippen LogP contribution in [0.2, 0.25) is 0 Å². The second-order valence-electron chi connectivity index (χ2n) is 4.21. The van der Waals surface area contributed by atoms with Crippen molar-refractivity contribution in [3.05, 3.63) is 60.0 Å². The fraction of sp³-hybridized carbons (Fsp3) is 0. The van der Waals surface area contributed by atoms with Gasteiger partial charge in [-0.3, -0.25) is 0 Å². The minimum atomic E-state index is -1.28. The first-order valence-electron chi connectivity index (χ1n) is 5.75. The normalized spacial score (nSPS) is 10.8. The van der Waals surface area contributed by atoms with E-state index in [9.17, 15) is 14.3 Å². The van der Waals surface area contributed by atoms with Gasteiger partial charge >= 0.3 is 0 Å². The van der Waals surface area contributed by atoms with E-state index in [0.717, 1.165) is 5.39 Å². The lowest BCUT2D eigenvalue weighted by Gasteiger charge is -2.05. The van der Waals surface area contributed by atoms with Crippen molar-refractivity contribution < 1.29 is 14.3 Å². The van der Waals surface area contributed by atoms with Gasteiger partial charge in [0, 0.05) is 16.5 Å². The summed E-state index contributed by atoms with van der Waals surface area (Å²) in [6.45, 7) is 0. The van der Waals surface area contributed by atoms with Crippen molar-refractivity contribution in [1.82, 2.24) is 4.98 Å². The molecule has 2 aromatic carbocycles. The number of fused-ring (bicyclic) bond motifs is 1. The Morgan fingerprint density at radius 2 is 1.74 bits per heavy atom. The number of carboxylic acid groups (broad SMARTS) is 1. The van der Waals surface area contributed by atoms with Crippen LogP contribution in [0.4, 0.5) is 4.39 Å². The number of para-hydroxylation sites is 1. The van der Waals surface area contributed by atoms with Gasteiger partial charge in [-0.05, 0) is 23.8 Å². The fourth-order valence-electron chi connectivity index (χ4n) is 2.21. The third-order valence-electron chi connectivity index (χ3n) is 3.04. The molecule has 3 rings (SSSR count). The Kier molecular flexibility index (Phi) is 2.56. The first-order chi connectivity index (χ1) is 9.16. The molecule has 0 atom stereocenters. The molecule has 1 N–H and O–H groups in total. The smallest absolute Gasteiger partial charge is 0.123 e. The van der Waals surface area contributed by atoms with Crippen LogP contribution >= 0.6 is 0 Å². The van der Waals surface area contributed by atoms with Gasteiger partial charge in [0.2, 0.25) is 0 Å². The lowest BCUT2D eigenvalue weighted by molar-refractivity contribution is -0.255. The quantitative estimate of drug-likeness (QED) is 0.763. The molecule has 0 aliphatic heterocycles. The minimum absolute atomic E-state index is 0.00723. The fourth-order valence-corrected chi connectivity index (χ4v) is 2.21. The van der Waals surface area contributed by atoms with Crippen molar-refractivity contribution in [1.29, 1.82) is 0 Å². The second-order valence-corrected chi connectivity index (χ2v) is 4.21. The molecule has 0 spiro atoms. The molecule has 4 heteroatoms. The third-order valence-corrected chi connectivity index (χ3v) is 3.04. The van der Waals surface area contributed by atoms with E-state index in [1.165, 1.54) is 12.1 Å². The second kappa shape index (κ2) is 4.24. The average molecular weight is 254 g/mol. The Morgan fingerprint density at radius 3 is 2.42 bits per heavy atom. The van der Waals surface area contributed by atoms with E-state index >= 15 is 0 Å². The van der Waals surface area contributed by atoms with E-state index in [2.05, 4.69) is 4.98 Å². The number of hydrogen-bond donors (Lipinski definition) is 1. The number of carbonyl (C=O) groups is 1. The van der Waals surface area contributed by atoms with Gasteiger partial charge in [0.05, 0.1) is 11.7 Å². The molecule has 0 amide bonds. The highest BCUT2D eigenvalue weighted by atomic mass is 19.1. The van der Waals surface area contributed by atoms with Crippen LogP contribution in [0.1, 0.15) is 10.5 Å². The number of halogens is 1. The summed E-state index contributed by atoms with van der Waals surface area (Å²) < 4.78 is 13.0. The molecule has 1 heterocycles. The van der Waals surface area contributed by atoms with Crippen LogP contribution in [-0.4, -0.2) is 11.0 Å². The maximum atomic E-state index is 13.0. The number of hydrogen-bond acceptors (Lipinski definition) is 2. The zero-order valence-corrected chi connectivity index (χ0v) is 9.81. The molecule has 1 aromatic heterocycles. The Bertz CT molecular complexity index is 759. The highest BCUT2D eigenvalue weighted by Gasteiger charge is 2.13. The van der Waals surface area contributed by atoms with Gasteiger partial charge in [-0.15, -0.1) is 0 Å². The Morgan fingerprint density at radius 1 is 1.05 bits per heavy atom. The van der Waals surface area contributed by atoms with Crippen LogP contribution in [0.25, 0.3) is 22.0 Å². The number of carbonyl (C=O) groups excluding carboxylic acids is 1. The van der Waals surface area contributed by atoms with Crippen LogP contribution in [0.15, 0.2) is 48.5 Å². The van der Waals surface area contributed by atoms with Crippen molar-refractivity contribution in [2.45, 2.75) is 0 Å². The molecule has 0 aliphatic carbocycles. The number of rotatable bonds is 2. The lowest BCUT2D eigenvalue weighted by atomic mass is 10.0. The third kappa shape index (κ3) is 1.87. The highest BCUT2D eigenvalue weighted by molar-refractivity contribution is 6.06. The minimum Gasteiger partial charge on any atom is -0.543 e. The molecule has 0 saturated carbocycles. The van der Waals surface area contributed by atoms with E-state index in [1.54, 1.807) is 18.2 Å². The topological polar surface area (TPSA) is 55.9 Å². The summed E-state index contributed by atoms with van der Waals surface area (Å²) >= 11 is 0. The standard InChI is InChI=1S/C15H10FNO2/c16-10-7-5-9(6-8-10)13-11-3-1-2-4-12(11)17-14(13)15(18)19/h1-8,17H,(H,18,19)/p-1. The Balaban J connectivity index is 2.34. The van der Waals surface area contributed by atoms with Gasteiger partial charge in [-0.1, -0.05) is 30.3 Å². The molecule has 19 heavy (non-hydrogen) atoms. The number of H-pyrrole nitrogens is 1. The van der Waals surface area contributed by atoms with Gasteiger partial charge in [-0.25, -0.2) is 4.39 Å². The predicted molar refractivity (Wildman–Crippen MR) is 68.0 cm³/mol. The number of benzene rings is 2. The monoisotopic (exact) mass is 254 g/mol. The number of aromatic carboxylic acids is 1. The van der Waals surface area contributed by atoms with Gasteiger partial charge < -0.3 is 14.9 Å².